The fourth-order valence-corrected chi connectivity index (χ4v) is 22.0. The Morgan fingerprint density at radius 3 is 0.943 bits per heavy atom. The van der Waals surface area contributed by atoms with Gasteiger partial charge >= 0.3 is 0 Å². The molecule has 2 aromatic heterocycles. The van der Waals surface area contributed by atoms with Crippen molar-refractivity contribution in [3.63, 3.8) is 0 Å². The van der Waals surface area contributed by atoms with Crippen LogP contribution in [0.3, 0.4) is 0 Å². The van der Waals surface area contributed by atoms with Gasteiger partial charge in [-0.3, -0.25) is 0 Å². The van der Waals surface area contributed by atoms with Crippen LogP contribution in [0.15, 0.2) is 291 Å². The molecule has 13 rings (SSSR count). The van der Waals surface area contributed by atoms with E-state index in [2.05, 4.69) is 300 Å². The number of fused-ring (bicyclic) bond motifs is 6. The lowest BCUT2D eigenvalue weighted by atomic mass is 10.1. The Morgan fingerprint density at radius 2 is 0.529 bits per heavy atom. The van der Waals surface area contributed by atoms with Crippen molar-refractivity contribution in [1.29, 1.82) is 0 Å². The quantitative estimate of drug-likeness (QED) is 0.0956. The zero-order valence-electron chi connectivity index (χ0n) is 38.6. The van der Waals surface area contributed by atoms with Crippen LogP contribution in [-0.4, -0.2) is 25.3 Å². The maximum Gasteiger partial charge on any atom is 0.180 e. The van der Waals surface area contributed by atoms with Crippen molar-refractivity contribution in [3.05, 3.63) is 291 Å². The Labute approximate surface area is 410 Å². The largest absolute Gasteiger partial charge is 0.309 e. The van der Waals surface area contributed by atoms with Crippen LogP contribution in [-0.2, 0) is 0 Å². The summed E-state index contributed by atoms with van der Waals surface area (Å²) in [6.07, 6.45) is 0. The molecule has 0 atom stereocenters. The van der Waals surface area contributed by atoms with Gasteiger partial charge in [-0.05, 0) is 90.0 Å². The minimum absolute atomic E-state index is 1.13. The van der Waals surface area contributed by atoms with Crippen LogP contribution in [0, 0.1) is 0 Å². The fraction of sp³-hybridized carbons (Fsp3) is 0. The predicted octanol–water partition coefficient (Wildman–Crippen LogP) is 10.6. The summed E-state index contributed by atoms with van der Waals surface area (Å²) in [6.45, 7) is 0. The molecule has 0 unspecified atom stereocenters. The molecular formula is C66H48N2Si2. The van der Waals surface area contributed by atoms with Crippen molar-refractivity contribution < 1.29 is 0 Å². The molecule has 70 heavy (non-hydrogen) atoms. The van der Waals surface area contributed by atoms with Gasteiger partial charge in [-0.2, -0.15) is 0 Å². The van der Waals surface area contributed by atoms with Gasteiger partial charge in [-0.25, -0.2) is 0 Å². The van der Waals surface area contributed by atoms with E-state index in [0.29, 0.717) is 0 Å². The smallest absolute Gasteiger partial charge is 0.180 e. The minimum atomic E-state index is -2.98. The second-order valence-electron chi connectivity index (χ2n) is 18.3. The monoisotopic (exact) mass is 924 g/mol. The molecule has 11 aromatic carbocycles. The molecule has 0 N–H and O–H groups in total. The van der Waals surface area contributed by atoms with Crippen molar-refractivity contribution in [3.8, 4) is 11.4 Å². The van der Waals surface area contributed by atoms with Crippen molar-refractivity contribution in [1.82, 2.24) is 9.13 Å². The van der Waals surface area contributed by atoms with E-state index in [1.54, 1.807) is 0 Å². The maximum atomic E-state index is 2.54. The van der Waals surface area contributed by atoms with Crippen molar-refractivity contribution in [2.24, 2.45) is 0 Å². The van der Waals surface area contributed by atoms with Crippen molar-refractivity contribution in [2.75, 3.05) is 0 Å². The van der Waals surface area contributed by atoms with Gasteiger partial charge in [-0.15, -0.1) is 0 Å². The van der Waals surface area contributed by atoms with Crippen LogP contribution in [0.5, 0.6) is 0 Å². The molecular weight excluding hydrogens is 877 g/mol. The summed E-state index contributed by atoms with van der Waals surface area (Å²) in [4.78, 5) is 0. The molecule has 0 saturated carbocycles. The average Bonchev–Trinajstić information content (AvgIpc) is 3.97. The van der Waals surface area contributed by atoms with E-state index in [-0.39, 0.29) is 0 Å². The molecule has 2 nitrogen and oxygen atoms in total. The molecule has 0 spiro atoms. The van der Waals surface area contributed by atoms with E-state index in [1.165, 1.54) is 85.1 Å². The normalized spacial score (nSPS) is 12.0. The van der Waals surface area contributed by atoms with Gasteiger partial charge in [0, 0.05) is 32.9 Å². The topological polar surface area (TPSA) is 9.86 Å². The molecule has 2 heterocycles. The van der Waals surface area contributed by atoms with E-state index in [4.69, 9.17) is 0 Å². The Bertz CT molecular complexity index is 3770. The Hall–Kier alpha value is -8.55. The van der Waals surface area contributed by atoms with E-state index < -0.39 is 16.1 Å². The third kappa shape index (κ3) is 6.31. The van der Waals surface area contributed by atoms with Crippen LogP contribution in [0.1, 0.15) is 0 Å². The van der Waals surface area contributed by atoms with Crippen molar-refractivity contribution >= 4 is 101 Å². The lowest BCUT2D eigenvalue weighted by molar-refractivity contribution is 1.17. The summed E-state index contributed by atoms with van der Waals surface area (Å²) in [5, 5.41) is 16.0. The number of nitrogens with zero attached hydrogens (tertiary/aromatic N) is 2. The molecule has 4 heteroatoms. The van der Waals surface area contributed by atoms with Gasteiger partial charge in [0.2, 0.25) is 0 Å². The zero-order valence-corrected chi connectivity index (χ0v) is 40.6. The number of aromatic nitrogens is 2. The van der Waals surface area contributed by atoms with Crippen LogP contribution >= 0.6 is 0 Å². The highest BCUT2D eigenvalue weighted by Crippen LogP contribution is 2.37. The summed E-state index contributed by atoms with van der Waals surface area (Å²) in [5.41, 5.74) is 7.05. The van der Waals surface area contributed by atoms with Gasteiger partial charge in [0.05, 0.1) is 22.1 Å². The van der Waals surface area contributed by atoms with Crippen LogP contribution in [0.4, 0.5) is 0 Å². The lowest BCUT2D eigenvalue weighted by Crippen LogP contribution is -2.74. The fourth-order valence-electron chi connectivity index (χ4n) is 12.0. The molecule has 0 bridgehead atoms. The summed E-state index contributed by atoms with van der Waals surface area (Å²) in [6, 6.07) is 109. The highest BCUT2D eigenvalue weighted by Gasteiger charge is 2.45. The molecule has 0 amide bonds. The first-order valence-electron chi connectivity index (χ1n) is 24.3. The third-order valence-electron chi connectivity index (χ3n) is 14.8. The van der Waals surface area contributed by atoms with E-state index in [9.17, 15) is 0 Å². The van der Waals surface area contributed by atoms with Gasteiger partial charge in [0.25, 0.3) is 0 Å². The summed E-state index contributed by atoms with van der Waals surface area (Å²) in [7, 11) is -5.90. The Kier molecular flexibility index (Phi) is 10.2. The van der Waals surface area contributed by atoms with Gasteiger partial charge in [-0.1, -0.05) is 243 Å². The molecule has 0 radical (unpaired) electrons. The second-order valence-corrected chi connectivity index (χ2v) is 25.9. The molecule has 0 saturated heterocycles. The van der Waals surface area contributed by atoms with Crippen molar-refractivity contribution in [2.45, 2.75) is 0 Å². The number of hydrogen-bond acceptors (Lipinski definition) is 0. The van der Waals surface area contributed by atoms with E-state index >= 15 is 0 Å². The zero-order chi connectivity index (χ0) is 46.5. The number of para-hydroxylation sites is 2. The molecule has 13 aromatic rings. The van der Waals surface area contributed by atoms with E-state index in [1.807, 2.05) is 0 Å². The first kappa shape index (κ1) is 41.6. The third-order valence-corrected chi connectivity index (χ3v) is 24.4. The van der Waals surface area contributed by atoms with Crippen LogP contribution in [0.25, 0.3) is 55.0 Å². The number of hydrogen-bond donors (Lipinski definition) is 0. The van der Waals surface area contributed by atoms with Gasteiger partial charge < -0.3 is 9.13 Å². The number of rotatable bonds is 10. The summed E-state index contributed by atoms with van der Waals surface area (Å²) >= 11 is 0. The van der Waals surface area contributed by atoms with Crippen LogP contribution in [0.2, 0.25) is 0 Å². The lowest BCUT2D eigenvalue weighted by Gasteiger charge is -2.35. The second kappa shape index (κ2) is 17.2. The molecule has 0 aliphatic heterocycles. The first-order chi connectivity index (χ1) is 34.8. The molecule has 330 valence electrons. The highest BCUT2D eigenvalue weighted by molar-refractivity contribution is 7.21. The average molecular weight is 925 g/mol. The standard InChI is InChI=1S/C66H48N2Si2/c1-8-26-49(27-9-1)67-60-47-46-50(48-58(60)66-62(67)43-25-45-64(66)70(54-34-16-5-17-35-54,55-36-18-6-19-37-55)56-38-20-7-21-39-56)68-59-41-23-22-40-57(59)65-61(68)42-24-44-63(65)69(51-28-10-2-11-29-51,52-30-12-3-13-31-52)53-32-14-4-15-33-53/h1-48H. The highest BCUT2D eigenvalue weighted by atomic mass is 28.3. The van der Waals surface area contributed by atoms with Gasteiger partial charge in [0.15, 0.2) is 16.1 Å². The summed E-state index contributed by atoms with van der Waals surface area (Å²) < 4.78 is 5.03. The number of benzene rings is 11. The first-order valence-corrected chi connectivity index (χ1v) is 28.3. The van der Waals surface area contributed by atoms with E-state index in [0.717, 1.165) is 11.4 Å². The maximum absolute atomic E-state index is 2.98. The SMILES string of the molecule is c1ccc(-n2c3ccc(-n4c5ccccc5c5c([Si](c6ccccc6)(c6ccccc6)c6ccccc6)cccc54)cc3c3c([Si](c4ccccc4)(c4ccccc4)c4ccccc4)cccc32)cc1. The molecule has 0 aliphatic carbocycles. The van der Waals surface area contributed by atoms with Crippen LogP contribution < -0.4 is 41.5 Å². The van der Waals surface area contributed by atoms with Gasteiger partial charge in [0.1, 0.15) is 0 Å². The minimum Gasteiger partial charge on any atom is -0.309 e. The Balaban J connectivity index is 1.16. The Morgan fingerprint density at radius 1 is 0.214 bits per heavy atom. The summed E-state index contributed by atoms with van der Waals surface area (Å²) in [5.74, 6) is 0. The molecule has 0 aliphatic rings. The molecule has 0 fully saturated rings. The predicted molar refractivity (Wildman–Crippen MR) is 302 cm³/mol.